The summed E-state index contributed by atoms with van der Waals surface area (Å²) in [4.78, 5) is 27.5. The molecule has 10 heteroatoms. The fraction of sp³-hybridized carbons (Fsp3) is 0.385. The lowest BCUT2D eigenvalue weighted by Crippen LogP contribution is -2.53. The van der Waals surface area contributed by atoms with Crippen molar-refractivity contribution in [1.29, 1.82) is 0 Å². The summed E-state index contributed by atoms with van der Waals surface area (Å²) in [6, 6.07) is 8.70. The monoisotopic (exact) mass is 502 g/mol. The molecule has 3 unspecified atom stereocenters. The number of piperidine rings is 1. The molecule has 0 aliphatic carbocycles. The van der Waals surface area contributed by atoms with Gasteiger partial charge in [0.05, 0.1) is 29.6 Å². The largest absolute Gasteiger partial charge is 0.472 e. The number of hydrogen-bond acceptors (Lipinski definition) is 5. The van der Waals surface area contributed by atoms with Gasteiger partial charge in [0, 0.05) is 24.4 Å². The van der Waals surface area contributed by atoms with E-state index in [9.17, 15) is 22.4 Å². The lowest BCUT2D eigenvalue weighted by Gasteiger charge is -2.42. The summed E-state index contributed by atoms with van der Waals surface area (Å²) in [5, 5.41) is 0. The number of nitrogens with zero attached hydrogens (tertiary/aromatic N) is 4. The van der Waals surface area contributed by atoms with Gasteiger partial charge in [-0.3, -0.25) is 4.79 Å². The minimum atomic E-state index is -4.49. The number of aromatic nitrogens is 3. The minimum Gasteiger partial charge on any atom is -0.472 e. The zero-order valence-electron chi connectivity index (χ0n) is 19.9. The van der Waals surface area contributed by atoms with Crippen LogP contribution < -0.4 is 4.74 Å². The Bertz CT molecular complexity index is 1190. The van der Waals surface area contributed by atoms with Crippen LogP contribution in [0.25, 0.3) is 11.4 Å². The van der Waals surface area contributed by atoms with E-state index in [-0.39, 0.29) is 29.6 Å². The number of carbonyl (C=O) groups is 1. The van der Waals surface area contributed by atoms with Crippen LogP contribution in [0.4, 0.5) is 17.6 Å². The van der Waals surface area contributed by atoms with Gasteiger partial charge in [-0.2, -0.15) is 13.2 Å². The number of ether oxygens (including phenoxy) is 1. The van der Waals surface area contributed by atoms with Crippen LogP contribution in [0.5, 0.6) is 5.88 Å². The summed E-state index contributed by atoms with van der Waals surface area (Å²) in [5.41, 5.74) is 0.00868. The highest BCUT2D eigenvalue weighted by Crippen LogP contribution is 2.32. The summed E-state index contributed by atoms with van der Waals surface area (Å²) in [6.45, 7) is 4.45. The van der Waals surface area contributed by atoms with Gasteiger partial charge in [0.25, 0.3) is 5.91 Å². The second-order valence-corrected chi connectivity index (χ2v) is 8.93. The summed E-state index contributed by atoms with van der Waals surface area (Å²) in [7, 11) is 0. The first-order valence-electron chi connectivity index (χ1n) is 11.7. The highest BCUT2D eigenvalue weighted by atomic mass is 19.4. The molecule has 2 aromatic heterocycles. The Morgan fingerprint density at radius 1 is 1.08 bits per heavy atom. The van der Waals surface area contributed by atoms with Crippen LogP contribution in [-0.4, -0.2) is 44.4 Å². The molecule has 0 spiro atoms. The fourth-order valence-corrected chi connectivity index (χ4v) is 4.47. The number of rotatable bonds is 6. The van der Waals surface area contributed by atoms with Gasteiger partial charge in [-0.1, -0.05) is 32.0 Å². The number of pyridine rings is 1. The van der Waals surface area contributed by atoms with E-state index in [1.165, 1.54) is 6.07 Å². The SMILES string of the molecule is CCC(Oc1ccc(C(F)(F)F)cn1)C1CCC(C)CN1C(=O)c1ccccc1-c1ncc(F)cn1. The van der Waals surface area contributed by atoms with Gasteiger partial charge in [0.1, 0.15) is 6.10 Å². The standard InChI is InChI=1S/C26H26F4N4O2/c1-3-22(36-23-11-9-17(12-31-23)26(28,29)30)21-10-8-16(2)15-34(21)25(35)20-7-5-4-6-19(20)24-32-13-18(27)14-33-24/h4-7,9,11-14,16,21-22H,3,8,10,15H2,1-2H3. The van der Waals surface area contributed by atoms with Crippen molar-refractivity contribution in [3.63, 3.8) is 0 Å². The molecule has 3 aromatic rings. The number of likely N-dealkylation sites (tertiary alicyclic amines) is 1. The Morgan fingerprint density at radius 3 is 2.44 bits per heavy atom. The molecule has 1 aliphatic rings. The van der Waals surface area contributed by atoms with Crippen molar-refractivity contribution >= 4 is 5.91 Å². The molecule has 1 aliphatic heterocycles. The van der Waals surface area contributed by atoms with Crippen molar-refractivity contribution in [2.45, 2.75) is 51.4 Å². The third-order valence-electron chi connectivity index (χ3n) is 6.31. The van der Waals surface area contributed by atoms with Gasteiger partial charge in [-0.05, 0) is 37.3 Å². The van der Waals surface area contributed by atoms with E-state index in [0.29, 0.717) is 30.5 Å². The van der Waals surface area contributed by atoms with Crippen LogP contribution in [0, 0.1) is 11.7 Å². The van der Waals surface area contributed by atoms with E-state index < -0.39 is 23.7 Å². The molecule has 190 valence electrons. The van der Waals surface area contributed by atoms with Crippen molar-refractivity contribution in [2.75, 3.05) is 6.54 Å². The molecule has 0 radical (unpaired) electrons. The number of benzene rings is 1. The molecule has 0 N–H and O–H groups in total. The lowest BCUT2D eigenvalue weighted by molar-refractivity contribution is -0.137. The number of alkyl halides is 3. The van der Waals surface area contributed by atoms with Gasteiger partial charge < -0.3 is 9.64 Å². The molecule has 1 amide bonds. The average molecular weight is 503 g/mol. The summed E-state index contributed by atoms with van der Waals surface area (Å²) >= 11 is 0. The topological polar surface area (TPSA) is 68.2 Å². The quantitative estimate of drug-likeness (QED) is 0.399. The third-order valence-corrected chi connectivity index (χ3v) is 6.31. The molecule has 6 nitrogen and oxygen atoms in total. The van der Waals surface area contributed by atoms with Crippen LogP contribution >= 0.6 is 0 Å². The number of amides is 1. The van der Waals surface area contributed by atoms with Crippen molar-refractivity contribution in [2.24, 2.45) is 5.92 Å². The van der Waals surface area contributed by atoms with E-state index in [1.807, 2.05) is 6.92 Å². The number of hydrogen-bond donors (Lipinski definition) is 0. The van der Waals surface area contributed by atoms with E-state index >= 15 is 0 Å². The fourth-order valence-electron chi connectivity index (χ4n) is 4.47. The molecule has 3 heterocycles. The molecule has 0 bridgehead atoms. The van der Waals surface area contributed by atoms with Crippen molar-refractivity contribution in [3.8, 4) is 17.3 Å². The molecular formula is C26H26F4N4O2. The van der Waals surface area contributed by atoms with Gasteiger partial charge >= 0.3 is 6.18 Å². The first-order valence-corrected chi connectivity index (χ1v) is 11.7. The highest BCUT2D eigenvalue weighted by molar-refractivity contribution is 6.00. The Labute approximate surface area is 206 Å². The maximum atomic E-state index is 13.8. The Kier molecular flexibility index (Phi) is 7.51. The molecule has 4 rings (SSSR count). The zero-order valence-corrected chi connectivity index (χ0v) is 19.9. The van der Waals surface area contributed by atoms with Crippen molar-refractivity contribution in [1.82, 2.24) is 19.9 Å². The number of halogens is 4. The molecule has 36 heavy (non-hydrogen) atoms. The van der Waals surface area contributed by atoms with Crippen LogP contribution in [-0.2, 0) is 6.18 Å². The lowest BCUT2D eigenvalue weighted by atomic mass is 9.89. The average Bonchev–Trinajstić information content (AvgIpc) is 2.87. The Hall–Kier alpha value is -3.56. The maximum absolute atomic E-state index is 13.8. The van der Waals surface area contributed by atoms with Gasteiger partial charge in [0.2, 0.25) is 5.88 Å². The van der Waals surface area contributed by atoms with E-state index in [1.54, 1.807) is 29.2 Å². The zero-order chi connectivity index (χ0) is 25.9. The molecule has 3 atom stereocenters. The van der Waals surface area contributed by atoms with Crippen LogP contribution in [0.15, 0.2) is 55.0 Å². The smallest absolute Gasteiger partial charge is 0.417 e. The minimum absolute atomic E-state index is 0.0704. The molecule has 1 aromatic carbocycles. The van der Waals surface area contributed by atoms with Crippen LogP contribution in [0.1, 0.15) is 49.0 Å². The second-order valence-electron chi connectivity index (χ2n) is 8.93. The first kappa shape index (κ1) is 25.5. The normalized spacial score (nSPS) is 19.1. The summed E-state index contributed by atoms with van der Waals surface area (Å²) in [6.07, 6.45) is -0.0550. The van der Waals surface area contributed by atoms with Crippen LogP contribution in [0.3, 0.4) is 0 Å². The van der Waals surface area contributed by atoms with Crippen molar-refractivity contribution < 1.29 is 27.1 Å². The maximum Gasteiger partial charge on any atom is 0.417 e. The number of carbonyl (C=O) groups excluding carboxylic acids is 1. The molecular weight excluding hydrogens is 476 g/mol. The third kappa shape index (κ3) is 5.63. The van der Waals surface area contributed by atoms with Crippen LogP contribution in [0.2, 0.25) is 0 Å². The molecule has 0 saturated carbocycles. The molecule has 1 fully saturated rings. The predicted octanol–water partition coefficient (Wildman–Crippen LogP) is 5.79. The van der Waals surface area contributed by atoms with E-state index in [4.69, 9.17) is 4.74 Å². The van der Waals surface area contributed by atoms with E-state index in [0.717, 1.165) is 31.1 Å². The van der Waals surface area contributed by atoms with Gasteiger partial charge in [-0.25, -0.2) is 19.3 Å². The summed E-state index contributed by atoms with van der Waals surface area (Å²) < 4.78 is 58.1. The van der Waals surface area contributed by atoms with Gasteiger partial charge in [0.15, 0.2) is 11.6 Å². The Morgan fingerprint density at radius 2 is 1.81 bits per heavy atom. The van der Waals surface area contributed by atoms with E-state index in [2.05, 4.69) is 21.9 Å². The highest BCUT2D eigenvalue weighted by Gasteiger charge is 2.37. The predicted molar refractivity (Wildman–Crippen MR) is 125 cm³/mol. The Balaban J connectivity index is 1.61. The van der Waals surface area contributed by atoms with Crippen molar-refractivity contribution in [3.05, 3.63) is 71.9 Å². The second kappa shape index (κ2) is 10.6. The first-order chi connectivity index (χ1) is 17.2. The molecule has 1 saturated heterocycles. The van der Waals surface area contributed by atoms with Gasteiger partial charge in [-0.15, -0.1) is 0 Å². The summed E-state index contributed by atoms with van der Waals surface area (Å²) in [5.74, 6) is -0.258.